The second-order valence-corrected chi connectivity index (χ2v) is 5.46. The molecule has 1 aromatic rings. The van der Waals surface area contributed by atoms with Gasteiger partial charge in [-0.2, -0.15) is 0 Å². The molecule has 0 spiro atoms. The van der Waals surface area contributed by atoms with E-state index < -0.39 is 26.7 Å². The van der Waals surface area contributed by atoms with Gasteiger partial charge in [0.2, 0.25) is 0 Å². The van der Waals surface area contributed by atoms with E-state index in [2.05, 4.69) is 0 Å². The SMILES string of the molecule is F[B-](F)(F)F.F[B-](F)(F)F.F[B-](F)(F)F.Nc1cc([N+](=O)[O-])cc[c]1[K]. The minimum atomic E-state index is -6.00. The number of nitrogens with two attached hydrogens (primary N) is 1. The Hall–Kier alpha value is -0.589. The Labute approximate surface area is 171 Å². The summed E-state index contributed by atoms with van der Waals surface area (Å²) >= 11 is 0.478. The molecule has 0 aliphatic heterocycles. The zero-order valence-electron chi connectivity index (χ0n) is 12.3. The van der Waals surface area contributed by atoms with Gasteiger partial charge in [0.15, 0.2) is 0 Å². The molecule has 20 heteroatoms. The van der Waals surface area contributed by atoms with E-state index in [1.807, 2.05) is 0 Å². The van der Waals surface area contributed by atoms with Crippen LogP contribution in [-0.2, 0) is 0 Å². The third-order valence-electron chi connectivity index (χ3n) is 1.47. The van der Waals surface area contributed by atoms with Crippen LogP contribution in [-0.4, -0.2) is 75.6 Å². The Kier molecular flexibility index (Phi) is 14.8. The Balaban J connectivity index is -0.000000300. The van der Waals surface area contributed by atoms with Gasteiger partial charge in [0.25, 0.3) is 0 Å². The average molecular weight is 437 g/mol. The summed E-state index contributed by atoms with van der Waals surface area (Å²) in [6.07, 6.45) is 0. The second-order valence-electron chi connectivity index (χ2n) is 3.78. The first kappa shape index (κ1) is 30.1. The van der Waals surface area contributed by atoms with Gasteiger partial charge in [-0.05, 0) is 0 Å². The molecule has 148 valence electrons. The Morgan fingerprint density at radius 2 is 1.08 bits per heavy atom. The molecule has 0 saturated heterocycles. The van der Waals surface area contributed by atoms with Crippen molar-refractivity contribution in [3.63, 3.8) is 0 Å². The van der Waals surface area contributed by atoms with Crippen molar-refractivity contribution in [1.82, 2.24) is 0 Å². The van der Waals surface area contributed by atoms with Crippen molar-refractivity contribution in [1.29, 1.82) is 0 Å². The molecule has 0 aromatic heterocycles. The predicted molar refractivity (Wildman–Crippen MR) is 73.5 cm³/mol. The molecule has 0 amide bonds. The molecule has 0 fully saturated rings. The fraction of sp³-hybridized carbons (Fsp3) is 0. The Morgan fingerprint density at radius 3 is 1.27 bits per heavy atom. The van der Waals surface area contributed by atoms with Crippen LogP contribution in [0.3, 0.4) is 0 Å². The van der Waals surface area contributed by atoms with Gasteiger partial charge < -0.3 is 51.8 Å². The molecular formula is C6H5B3F12KN2O2-3. The van der Waals surface area contributed by atoms with Gasteiger partial charge in [-0.15, -0.1) is 0 Å². The van der Waals surface area contributed by atoms with Crippen LogP contribution >= 0.6 is 0 Å². The van der Waals surface area contributed by atoms with Gasteiger partial charge >= 0.3 is 121 Å². The van der Waals surface area contributed by atoms with Crippen molar-refractivity contribution in [2.24, 2.45) is 0 Å². The van der Waals surface area contributed by atoms with E-state index in [4.69, 9.17) is 5.73 Å². The number of nitro groups is 1. The Morgan fingerprint density at radius 1 is 0.808 bits per heavy atom. The maximum absolute atomic E-state index is 10.2. The van der Waals surface area contributed by atoms with Crippen molar-refractivity contribution >= 4 is 81.7 Å². The second kappa shape index (κ2) is 12.7. The number of hydrogen-bond acceptors (Lipinski definition) is 3. The molecule has 0 unspecified atom stereocenters. The fourth-order valence-electron chi connectivity index (χ4n) is 0.741. The third-order valence-corrected chi connectivity index (χ3v) is 2.90. The van der Waals surface area contributed by atoms with Crippen LogP contribution in [0.5, 0.6) is 0 Å². The van der Waals surface area contributed by atoms with Crippen molar-refractivity contribution in [3.8, 4) is 0 Å². The zero-order valence-corrected chi connectivity index (χ0v) is 15.5. The van der Waals surface area contributed by atoms with Crippen LogP contribution in [0, 0.1) is 10.1 Å². The number of halogens is 12. The van der Waals surface area contributed by atoms with Gasteiger partial charge in [-0.3, -0.25) is 0 Å². The molecule has 0 saturated carbocycles. The quantitative estimate of drug-likeness (QED) is 0.239. The summed E-state index contributed by atoms with van der Waals surface area (Å²) in [5.74, 6) is 0. The summed E-state index contributed by atoms with van der Waals surface area (Å²) in [7, 11) is -18.0. The van der Waals surface area contributed by atoms with E-state index in [0.717, 1.165) is -0.342 Å². The van der Waals surface area contributed by atoms with E-state index in [1.165, 1.54) is 12.1 Å². The van der Waals surface area contributed by atoms with Crippen LogP contribution < -0.4 is 5.39 Å². The van der Waals surface area contributed by atoms with Crippen LogP contribution in [0.25, 0.3) is 0 Å². The summed E-state index contributed by atoms with van der Waals surface area (Å²) in [6.45, 7) is 0. The molecule has 1 aromatic carbocycles. The number of hydrogen-bond donors (Lipinski definition) is 1. The summed E-state index contributed by atoms with van der Waals surface area (Å²) in [4.78, 5) is 9.79. The maximum atomic E-state index is 10.2. The van der Waals surface area contributed by atoms with E-state index in [9.17, 15) is 61.9 Å². The third kappa shape index (κ3) is 43.7. The summed E-state index contributed by atoms with van der Waals surface area (Å²) in [5, 5.41) is 10.2. The average Bonchev–Trinajstić information content (AvgIpc) is 2.25. The molecule has 2 N–H and O–H groups in total. The first-order valence-electron chi connectivity index (χ1n) is 5.73. The van der Waals surface area contributed by atoms with Crippen LogP contribution in [0.15, 0.2) is 18.2 Å². The zero-order chi connectivity index (χ0) is 21.9. The van der Waals surface area contributed by atoms with Crippen LogP contribution in [0.2, 0.25) is 0 Å². The molecule has 0 bridgehead atoms. The van der Waals surface area contributed by atoms with Gasteiger partial charge in [-0.1, -0.05) is 0 Å². The monoisotopic (exact) mass is 437 g/mol. The number of rotatable bonds is 1. The molecule has 26 heavy (non-hydrogen) atoms. The number of nitro benzene ring substituents is 1. The Bertz CT molecular complexity index is 505. The van der Waals surface area contributed by atoms with Crippen LogP contribution in [0.1, 0.15) is 0 Å². The topological polar surface area (TPSA) is 69.2 Å². The van der Waals surface area contributed by atoms with Gasteiger partial charge in [0.1, 0.15) is 0 Å². The van der Waals surface area contributed by atoms with E-state index >= 15 is 0 Å². The van der Waals surface area contributed by atoms with E-state index in [-0.39, 0.29) is 5.69 Å². The molecule has 0 atom stereocenters. The van der Waals surface area contributed by atoms with Crippen LogP contribution in [0.4, 0.5) is 63.2 Å². The number of benzene rings is 1. The fourth-order valence-corrected chi connectivity index (χ4v) is 1.23. The van der Waals surface area contributed by atoms with Crippen molar-refractivity contribution in [2.45, 2.75) is 0 Å². The molecule has 1 rings (SSSR count). The number of anilines is 1. The predicted octanol–water partition coefficient (Wildman–Crippen LogP) is 3.87. The summed E-state index contributed by atoms with van der Waals surface area (Å²) < 4.78 is 118. The molecular weight excluding hydrogens is 432 g/mol. The first-order chi connectivity index (χ1) is 11.1. The molecule has 0 aliphatic rings. The minimum absolute atomic E-state index is 0.0653. The summed E-state index contributed by atoms with van der Waals surface area (Å²) in [5.41, 5.74) is 6.11. The van der Waals surface area contributed by atoms with Gasteiger partial charge in [-0.25, -0.2) is 0 Å². The van der Waals surface area contributed by atoms with Gasteiger partial charge in [0, 0.05) is 0 Å². The number of nitrogen functional groups attached to an aromatic ring is 1. The van der Waals surface area contributed by atoms with E-state index in [0.29, 0.717) is 54.6 Å². The van der Waals surface area contributed by atoms with Crippen molar-refractivity contribution in [2.75, 3.05) is 5.73 Å². The number of nitrogens with zero attached hydrogens (tertiary/aromatic N) is 1. The van der Waals surface area contributed by atoms with Crippen molar-refractivity contribution in [3.05, 3.63) is 28.3 Å². The first-order valence-corrected chi connectivity index (χ1v) is 7.30. The molecule has 0 heterocycles. The standard InChI is InChI=1S/C6H5N2O2.3BF4.K/c7-5-2-1-3-6(4-5)8(9)10;3*2-1(3,4)5;/h1,3-4H,7H2;;;;/q;3*-1;. The molecule has 4 nitrogen and oxygen atoms in total. The molecule has 0 aliphatic carbocycles. The molecule has 0 radical (unpaired) electrons. The van der Waals surface area contributed by atoms with E-state index in [1.54, 1.807) is 6.07 Å². The number of non-ortho nitro benzene ring substituents is 1. The van der Waals surface area contributed by atoms with Gasteiger partial charge in [0.05, 0.1) is 0 Å². The van der Waals surface area contributed by atoms with Crippen molar-refractivity contribution < 1.29 is 56.7 Å². The summed E-state index contributed by atoms with van der Waals surface area (Å²) in [6, 6.07) is 4.60. The normalized spacial score (nSPS) is 11.0.